The minimum atomic E-state index is -0.0626. The topological polar surface area (TPSA) is 26.8 Å². The molecule has 3 aliphatic rings. The number of hydrogen-bond donors (Lipinski definition) is 0. The third-order valence-electron chi connectivity index (χ3n) is 7.25. The molecule has 1 spiro atoms. The number of thiophene rings is 1. The summed E-state index contributed by atoms with van der Waals surface area (Å²) in [5, 5.41) is 4.77. The lowest BCUT2D eigenvalue weighted by atomic mass is 10.1. The van der Waals surface area contributed by atoms with Gasteiger partial charge in [-0.3, -0.25) is 9.69 Å². The second-order valence-electron chi connectivity index (χ2n) is 9.21. The number of nitrogens with zero attached hydrogens (tertiary/aromatic N) is 3. The monoisotopic (exact) mass is 513 g/mol. The highest BCUT2D eigenvalue weighted by molar-refractivity contribution is 8.02. The van der Waals surface area contributed by atoms with E-state index in [4.69, 9.17) is 11.6 Å². The zero-order valence-electron chi connectivity index (χ0n) is 18.7. The molecule has 0 bridgehead atoms. The van der Waals surface area contributed by atoms with E-state index in [0.29, 0.717) is 11.3 Å². The minimum Gasteiger partial charge on any atom is -0.368 e. The van der Waals surface area contributed by atoms with Crippen molar-refractivity contribution in [2.24, 2.45) is 0 Å². The molecule has 1 aromatic carbocycles. The number of halogens is 2. The number of benzene rings is 1. The van der Waals surface area contributed by atoms with Gasteiger partial charge in [-0.15, -0.1) is 35.5 Å². The largest absolute Gasteiger partial charge is 0.368 e. The molecule has 1 aliphatic carbocycles. The Labute approximate surface area is 211 Å². The van der Waals surface area contributed by atoms with Gasteiger partial charge in [0.25, 0.3) is 0 Å². The second-order valence-corrected chi connectivity index (χ2v) is 12.3. The first-order valence-corrected chi connectivity index (χ1v) is 13.8. The summed E-state index contributed by atoms with van der Waals surface area (Å²) in [5.74, 6) is 0.431. The van der Waals surface area contributed by atoms with Crippen molar-refractivity contribution in [2.75, 3.05) is 44.2 Å². The van der Waals surface area contributed by atoms with E-state index in [-0.39, 0.29) is 17.2 Å². The van der Waals surface area contributed by atoms with Gasteiger partial charge < -0.3 is 9.80 Å². The fraction of sp³-hybridized carbons (Fsp3) is 0.625. The molecule has 176 valence electrons. The molecule has 4 nitrogen and oxygen atoms in total. The van der Waals surface area contributed by atoms with Crippen LogP contribution in [0, 0.1) is 0 Å². The van der Waals surface area contributed by atoms with Crippen LogP contribution in [0.4, 0.5) is 5.69 Å². The van der Waals surface area contributed by atoms with Gasteiger partial charge in [0, 0.05) is 53.2 Å². The van der Waals surface area contributed by atoms with Crippen LogP contribution in [0.3, 0.4) is 0 Å². The van der Waals surface area contributed by atoms with Gasteiger partial charge in [0.2, 0.25) is 5.91 Å². The van der Waals surface area contributed by atoms with E-state index in [1.807, 2.05) is 17.8 Å². The number of anilines is 1. The normalized spacial score (nSPS) is 23.4. The van der Waals surface area contributed by atoms with Crippen LogP contribution >= 0.6 is 47.1 Å². The van der Waals surface area contributed by atoms with Gasteiger partial charge >= 0.3 is 0 Å². The zero-order valence-corrected chi connectivity index (χ0v) is 21.9. The van der Waals surface area contributed by atoms with E-state index >= 15 is 0 Å². The van der Waals surface area contributed by atoms with Crippen molar-refractivity contribution in [3.63, 3.8) is 0 Å². The molecule has 32 heavy (non-hydrogen) atoms. The van der Waals surface area contributed by atoms with E-state index in [1.54, 1.807) is 11.3 Å². The Bertz CT molecular complexity index is 938. The highest BCUT2D eigenvalue weighted by Gasteiger charge is 2.51. The predicted molar refractivity (Wildman–Crippen MR) is 142 cm³/mol. The van der Waals surface area contributed by atoms with Crippen LogP contribution in [0.2, 0.25) is 5.02 Å². The van der Waals surface area contributed by atoms with Crippen molar-refractivity contribution in [2.45, 2.75) is 55.6 Å². The molecule has 2 saturated heterocycles. The lowest BCUT2D eigenvalue weighted by Gasteiger charge is -2.36. The van der Waals surface area contributed by atoms with Crippen molar-refractivity contribution in [1.82, 2.24) is 9.80 Å². The molecule has 1 aromatic heterocycles. The van der Waals surface area contributed by atoms with Crippen LogP contribution < -0.4 is 4.90 Å². The van der Waals surface area contributed by atoms with E-state index in [2.05, 4.69) is 39.1 Å². The van der Waals surface area contributed by atoms with Gasteiger partial charge in [0.15, 0.2) is 0 Å². The molecular weight excluding hydrogens is 481 g/mol. The van der Waals surface area contributed by atoms with Crippen LogP contribution in [0.15, 0.2) is 23.6 Å². The first kappa shape index (κ1) is 24.5. The van der Waals surface area contributed by atoms with Gasteiger partial charge in [-0.2, -0.15) is 0 Å². The average Bonchev–Trinajstić information content (AvgIpc) is 3.46. The quantitative estimate of drug-likeness (QED) is 0.435. The van der Waals surface area contributed by atoms with Gasteiger partial charge in [-0.1, -0.05) is 24.4 Å². The fourth-order valence-corrected chi connectivity index (χ4v) is 8.46. The Kier molecular flexibility index (Phi) is 7.88. The molecule has 1 amide bonds. The Morgan fingerprint density at radius 2 is 1.81 bits per heavy atom. The number of amides is 1. The van der Waals surface area contributed by atoms with E-state index in [9.17, 15) is 4.79 Å². The van der Waals surface area contributed by atoms with E-state index < -0.39 is 0 Å². The molecule has 2 aromatic rings. The summed E-state index contributed by atoms with van der Waals surface area (Å²) < 4.78 is 1.21. The number of carbonyl (C=O) groups excluding carboxylic acids is 1. The third kappa shape index (κ3) is 4.76. The van der Waals surface area contributed by atoms with Crippen LogP contribution in [-0.2, 0) is 4.79 Å². The highest BCUT2D eigenvalue weighted by atomic mass is 35.5. The van der Waals surface area contributed by atoms with Crippen molar-refractivity contribution in [3.8, 4) is 0 Å². The standard InChI is InChI=1S/C24H32ClN3OS2.ClH/c1-18-28(23(29)24(31-18)8-2-3-9-24)11-5-4-10-26-12-14-27(15-13-26)21-17-30-22-16-19(25)6-7-20(21)22;/h6-7,16-18H,2-5,8-15H2,1H3;1H. The van der Waals surface area contributed by atoms with Gasteiger partial charge in [-0.25, -0.2) is 0 Å². The van der Waals surface area contributed by atoms with Gasteiger partial charge in [0.1, 0.15) is 0 Å². The number of fused-ring (bicyclic) bond motifs is 1. The van der Waals surface area contributed by atoms with Crippen LogP contribution in [-0.4, -0.2) is 65.1 Å². The van der Waals surface area contributed by atoms with Crippen molar-refractivity contribution >= 4 is 68.8 Å². The smallest absolute Gasteiger partial charge is 0.239 e. The van der Waals surface area contributed by atoms with Gasteiger partial charge in [-0.05, 0) is 57.4 Å². The summed E-state index contributed by atoms with van der Waals surface area (Å²) in [4.78, 5) is 20.3. The molecule has 0 radical (unpaired) electrons. The Morgan fingerprint density at radius 1 is 1.09 bits per heavy atom. The van der Waals surface area contributed by atoms with E-state index in [0.717, 1.165) is 63.6 Å². The van der Waals surface area contributed by atoms with Crippen LogP contribution in [0.1, 0.15) is 45.4 Å². The van der Waals surface area contributed by atoms with Crippen molar-refractivity contribution < 1.29 is 4.79 Å². The fourth-order valence-electron chi connectivity index (χ4n) is 5.49. The molecule has 5 rings (SSSR count). The zero-order chi connectivity index (χ0) is 21.4. The molecule has 0 N–H and O–H groups in total. The number of hydrogen-bond acceptors (Lipinski definition) is 5. The SMILES string of the molecule is CC1SC2(CCCC2)C(=O)N1CCCCN1CCN(c2csc3cc(Cl)ccc23)CC1.Cl. The maximum absolute atomic E-state index is 13.0. The number of rotatable bonds is 6. The Balaban J connectivity index is 0.00000245. The molecule has 8 heteroatoms. The average molecular weight is 515 g/mol. The second kappa shape index (κ2) is 10.3. The number of thioether (sulfide) groups is 1. The highest BCUT2D eigenvalue weighted by Crippen LogP contribution is 2.50. The maximum Gasteiger partial charge on any atom is 0.239 e. The molecule has 1 unspecified atom stereocenters. The van der Waals surface area contributed by atoms with E-state index in [1.165, 1.54) is 35.0 Å². The summed E-state index contributed by atoms with van der Waals surface area (Å²) in [5.41, 5.74) is 1.36. The molecule has 2 aliphatic heterocycles. The summed E-state index contributed by atoms with van der Waals surface area (Å²) in [6, 6.07) is 6.22. The molecule has 1 saturated carbocycles. The summed E-state index contributed by atoms with van der Waals surface area (Å²) in [6.07, 6.45) is 6.92. The van der Waals surface area contributed by atoms with Crippen molar-refractivity contribution in [1.29, 1.82) is 0 Å². The predicted octanol–water partition coefficient (Wildman–Crippen LogP) is 6.11. The van der Waals surface area contributed by atoms with Crippen LogP contribution in [0.25, 0.3) is 10.1 Å². The minimum absolute atomic E-state index is 0. The molecule has 3 heterocycles. The molecule has 1 atom stereocenters. The van der Waals surface area contributed by atoms with Crippen molar-refractivity contribution in [3.05, 3.63) is 28.6 Å². The Hall–Kier alpha value is -0.660. The summed E-state index contributed by atoms with van der Waals surface area (Å²) >= 11 is 9.86. The number of piperazine rings is 1. The van der Waals surface area contributed by atoms with Gasteiger partial charge in [0.05, 0.1) is 15.8 Å². The lowest BCUT2D eigenvalue weighted by molar-refractivity contribution is -0.132. The summed E-state index contributed by atoms with van der Waals surface area (Å²) in [6.45, 7) is 8.67. The Morgan fingerprint density at radius 3 is 2.56 bits per heavy atom. The summed E-state index contributed by atoms with van der Waals surface area (Å²) in [7, 11) is 0. The first-order valence-electron chi connectivity index (χ1n) is 11.7. The molecule has 3 fully saturated rings. The third-order valence-corrected chi connectivity index (χ3v) is 10.0. The number of unbranched alkanes of at least 4 members (excludes halogenated alkanes) is 1. The lowest BCUT2D eigenvalue weighted by Crippen LogP contribution is -2.46. The maximum atomic E-state index is 13.0. The van der Waals surface area contributed by atoms with Crippen LogP contribution in [0.5, 0.6) is 0 Å². The molecular formula is C24H33Cl2N3OS2. The first-order chi connectivity index (χ1) is 15.1. The number of carbonyl (C=O) groups is 1.